The zero-order chi connectivity index (χ0) is 13.9. The first-order valence-electron chi connectivity index (χ1n) is 6.49. The second kappa shape index (κ2) is 8.03. The fourth-order valence-electron chi connectivity index (χ4n) is 2.16. The zero-order valence-electron chi connectivity index (χ0n) is 11.9. The van der Waals surface area contributed by atoms with Crippen LogP contribution in [0, 0.1) is 0 Å². The van der Waals surface area contributed by atoms with Gasteiger partial charge in [0.2, 0.25) is 0 Å². The second-order valence-corrected chi connectivity index (χ2v) is 6.13. The Morgan fingerprint density at radius 3 is 2.30 bits per heavy atom. The predicted octanol–water partition coefficient (Wildman–Crippen LogP) is 0.481. The van der Waals surface area contributed by atoms with Gasteiger partial charge in [0, 0.05) is 0 Å². The van der Waals surface area contributed by atoms with Crippen molar-refractivity contribution >= 4 is 20.9 Å². The molecular formula is C15H17KO3S. The molecule has 0 spiro atoms. The molecule has 0 heterocycles. The standard InChI is InChI=1S/C15H18O3S.K/c1-2-3-4-5-12-6-7-14-11-15(19(16,17)18)9-8-13(14)10-12;/h6-11H,2-5H2,1H3,(H,16,17,18);/q;+1/p-1. The van der Waals surface area contributed by atoms with Crippen molar-refractivity contribution < 1.29 is 64.4 Å². The number of rotatable bonds is 5. The van der Waals surface area contributed by atoms with Gasteiger partial charge in [0.1, 0.15) is 10.1 Å². The van der Waals surface area contributed by atoms with E-state index >= 15 is 0 Å². The third-order valence-electron chi connectivity index (χ3n) is 3.23. The summed E-state index contributed by atoms with van der Waals surface area (Å²) in [5.41, 5.74) is 1.25. The van der Waals surface area contributed by atoms with Crippen LogP contribution in [0.15, 0.2) is 41.3 Å². The van der Waals surface area contributed by atoms with E-state index in [1.54, 1.807) is 6.07 Å². The van der Waals surface area contributed by atoms with Gasteiger partial charge in [-0.1, -0.05) is 44.0 Å². The van der Waals surface area contributed by atoms with E-state index in [9.17, 15) is 13.0 Å². The monoisotopic (exact) mass is 316 g/mol. The summed E-state index contributed by atoms with van der Waals surface area (Å²) in [6.07, 6.45) is 4.60. The van der Waals surface area contributed by atoms with Gasteiger partial charge in [-0.05, 0) is 41.3 Å². The molecule has 2 aromatic rings. The number of hydrogen-bond donors (Lipinski definition) is 0. The minimum absolute atomic E-state index is 0. The molecule has 102 valence electrons. The Bertz CT molecular complexity index is 681. The fourth-order valence-corrected chi connectivity index (χ4v) is 2.67. The Kier molecular flexibility index (Phi) is 7.35. The summed E-state index contributed by atoms with van der Waals surface area (Å²) in [6.45, 7) is 2.17. The van der Waals surface area contributed by atoms with Crippen LogP contribution >= 0.6 is 0 Å². The molecule has 0 amide bonds. The molecule has 0 bridgehead atoms. The smallest absolute Gasteiger partial charge is 0.744 e. The zero-order valence-corrected chi connectivity index (χ0v) is 15.9. The van der Waals surface area contributed by atoms with Gasteiger partial charge in [-0.15, -0.1) is 0 Å². The predicted molar refractivity (Wildman–Crippen MR) is 75.1 cm³/mol. The van der Waals surface area contributed by atoms with Gasteiger partial charge in [0.25, 0.3) is 0 Å². The van der Waals surface area contributed by atoms with Gasteiger partial charge >= 0.3 is 51.4 Å². The number of aryl methyl sites for hydroxylation is 1. The average Bonchev–Trinajstić information content (AvgIpc) is 2.37. The van der Waals surface area contributed by atoms with Crippen molar-refractivity contribution in [1.82, 2.24) is 0 Å². The molecule has 5 heteroatoms. The Hall–Kier alpha value is 0.246. The quantitative estimate of drug-likeness (QED) is 0.458. The molecule has 0 saturated carbocycles. The maximum absolute atomic E-state index is 11.0. The first kappa shape index (κ1) is 18.3. The second-order valence-electron chi connectivity index (χ2n) is 4.75. The molecule has 0 N–H and O–H groups in total. The third-order valence-corrected chi connectivity index (χ3v) is 4.07. The van der Waals surface area contributed by atoms with Crippen LogP contribution in [0.4, 0.5) is 0 Å². The maximum Gasteiger partial charge on any atom is 1.00 e. The van der Waals surface area contributed by atoms with Crippen LogP contribution in [0.25, 0.3) is 10.8 Å². The molecule has 20 heavy (non-hydrogen) atoms. The summed E-state index contributed by atoms with van der Waals surface area (Å²) >= 11 is 0. The average molecular weight is 316 g/mol. The molecule has 0 aliphatic rings. The molecular weight excluding hydrogens is 299 g/mol. The van der Waals surface area contributed by atoms with Crippen molar-refractivity contribution in [3.05, 3.63) is 42.0 Å². The van der Waals surface area contributed by atoms with Gasteiger partial charge in [0.05, 0.1) is 4.90 Å². The number of fused-ring (bicyclic) bond motifs is 1. The SMILES string of the molecule is CCCCCc1ccc2cc(S(=O)(=O)[O-])ccc2c1.[K+]. The number of benzene rings is 2. The molecule has 0 atom stereocenters. The Labute approximate surface area is 162 Å². The topological polar surface area (TPSA) is 57.2 Å². The summed E-state index contributed by atoms with van der Waals surface area (Å²) in [4.78, 5) is -0.168. The van der Waals surface area contributed by atoms with E-state index < -0.39 is 10.1 Å². The summed E-state index contributed by atoms with van der Waals surface area (Å²) in [5, 5.41) is 1.76. The van der Waals surface area contributed by atoms with Gasteiger partial charge in [0.15, 0.2) is 0 Å². The Morgan fingerprint density at radius 1 is 1.00 bits per heavy atom. The Morgan fingerprint density at radius 2 is 1.65 bits per heavy atom. The number of unbranched alkanes of at least 4 members (excludes halogenated alkanes) is 2. The molecule has 3 nitrogen and oxygen atoms in total. The van der Waals surface area contributed by atoms with Crippen LogP contribution in [0.2, 0.25) is 0 Å². The van der Waals surface area contributed by atoms with Gasteiger partial charge in [-0.2, -0.15) is 0 Å². The van der Waals surface area contributed by atoms with E-state index in [1.165, 1.54) is 30.5 Å². The van der Waals surface area contributed by atoms with Crippen LogP contribution in [-0.2, 0) is 16.5 Å². The summed E-state index contributed by atoms with van der Waals surface area (Å²) in [6, 6.07) is 10.5. The number of hydrogen-bond acceptors (Lipinski definition) is 3. The molecule has 0 saturated heterocycles. The van der Waals surface area contributed by atoms with E-state index in [2.05, 4.69) is 13.0 Å². The summed E-state index contributed by atoms with van der Waals surface area (Å²) in [5.74, 6) is 0. The molecule has 0 fully saturated rings. The van der Waals surface area contributed by atoms with Crippen LogP contribution in [0.5, 0.6) is 0 Å². The molecule has 0 aromatic heterocycles. The van der Waals surface area contributed by atoms with Crippen molar-refractivity contribution in [2.24, 2.45) is 0 Å². The Balaban J connectivity index is 0.00000200. The van der Waals surface area contributed by atoms with E-state index in [-0.39, 0.29) is 56.3 Å². The van der Waals surface area contributed by atoms with Gasteiger partial charge in [-0.3, -0.25) is 0 Å². The van der Waals surface area contributed by atoms with E-state index in [0.717, 1.165) is 23.6 Å². The minimum Gasteiger partial charge on any atom is -0.744 e. The normalized spacial score (nSPS) is 11.3. The summed E-state index contributed by atoms with van der Waals surface area (Å²) < 4.78 is 32.9. The van der Waals surface area contributed by atoms with Crippen molar-refractivity contribution in [1.29, 1.82) is 0 Å². The molecule has 0 aliphatic heterocycles. The van der Waals surface area contributed by atoms with E-state index in [0.29, 0.717) is 0 Å². The van der Waals surface area contributed by atoms with Crippen molar-refractivity contribution in [2.45, 2.75) is 37.5 Å². The van der Waals surface area contributed by atoms with Gasteiger partial charge < -0.3 is 4.55 Å². The van der Waals surface area contributed by atoms with Gasteiger partial charge in [-0.25, -0.2) is 8.42 Å². The molecule has 2 aromatic carbocycles. The van der Waals surface area contributed by atoms with Crippen LogP contribution in [0.3, 0.4) is 0 Å². The molecule has 2 rings (SSSR count). The van der Waals surface area contributed by atoms with Crippen LogP contribution in [0.1, 0.15) is 31.7 Å². The van der Waals surface area contributed by atoms with E-state index in [1.807, 2.05) is 12.1 Å². The third kappa shape index (κ3) is 4.91. The fraction of sp³-hybridized carbons (Fsp3) is 0.333. The molecule has 0 radical (unpaired) electrons. The molecule has 0 unspecified atom stereocenters. The first-order valence-corrected chi connectivity index (χ1v) is 7.90. The van der Waals surface area contributed by atoms with Crippen LogP contribution in [-0.4, -0.2) is 13.0 Å². The van der Waals surface area contributed by atoms with Crippen molar-refractivity contribution in [3.63, 3.8) is 0 Å². The van der Waals surface area contributed by atoms with E-state index in [4.69, 9.17) is 0 Å². The molecule has 0 aliphatic carbocycles. The van der Waals surface area contributed by atoms with Crippen molar-refractivity contribution in [2.75, 3.05) is 0 Å². The largest absolute Gasteiger partial charge is 1.00 e. The minimum atomic E-state index is -4.37. The summed E-state index contributed by atoms with van der Waals surface area (Å²) in [7, 11) is -4.37. The first-order chi connectivity index (χ1) is 9.00. The van der Waals surface area contributed by atoms with Crippen molar-refractivity contribution in [3.8, 4) is 0 Å². The maximum atomic E-state index is 11.0. The van der Waals surface area contributed by atoms with Crippen LogP contribution < -0.4 is 51.4 Å².